The number of nitrogens with one attached hydrogen (secondary N) is 2. The summed E-state index contributed by atoms with van der Waals surface area (Å²) in [5, 5.41) is 6.97. The number of nitrogens with zero attached hydrogens (tertiary/aromatic N) is 3. The Hall–Kier alpha value is -0.900. The maximum atomic E-state index is 5.52. The van der Waals surface area contributed by atoms with Gasteiger partial charge in [0.1, 0.15) is 0 Å². The fraction of sp³-hybridized carbons (Fsp3) is 0.682. The zero-order valence-electron chi connectivity index (χ0n) is 18.8. The second-order valence-electron chi connectivity index (χ2n) is 8.04. The van der Waals surface area contributed by atoms with Crippen LogP contribution in [0.5, 0.6) is 0 Å². The molecule has 0 aromatic heterocycles. The van der Waals surface area contributed by atoms with Crippen LogP contribution in [-0.4, -0.2) is 75.3 Å². The van der Waals surface area contributed by atoms with E-state index in [1.165, 1.54) is 11.1 Å². The minimum atomic E-state index is 0. The molecule has 1 aromatic carbocycles. The summed E-state index contributed by atoms with van der Waals surface area (Å²) < 4.78 is 5.52. The van der Waals surface area contributed by atoms with Crippen molar-refractivity contribution in [3.63, 3.8) is 0 Å². The van der Waals surface area contributed by atoms with E-state index < -0.39 is 0 Å². The first-order valence-corrected chi connectivity index (χ1v) is 10.6. The van der Waals surface area contributed by atoms with Crippen molar-refractivity contribution in [2.24, 2.45) is 10.9 Å². The molecule has 1 atom stereocenters. The summed E-state index contributed by atoms with van der Waals surface area (Å²) in [5.74, 6) is 1.47. The van der Waals surface area contributed by atoms with Crippen molar-refractivity contribution in [1.82, 2.24) is 20.4 Å². The SMILES string of the molecule is CCNC(=NCc1ccccc1CN(C)C)NCC(C(C)C)N1CCOCC1.I. The number of ether oxygens (including phenoxy) is 1. The number of rotatable bonds is 9. The third-order valence-corrected chi connectivity index (χ3v) is 5.12. The third kappa shape index (κ3) is 9.19. The van der Waals surface area contributed by atoms with E-state index in [1.807, 2.05) is 0 Å². The Morgan fingerprint density at radius 2 is 1.79 bits per heavy atom. The van der Waals surface area contributed by atoms with Gasteiger partial charge in [0.2, 0.25) is 0 Å². The summed E-state index contributed by atoms with van der Waals surface area (Å²) in [6.45, 7) is 13.8. The van der Waals surface area contributed by atoms with Crippen LogP contribution in [0.3, 0.4) is 0 Å². The van der Waals surface area contributed by atoms with Crippen molar-refractivity contribution in [3.05, 3.63) is 35.4 Å². The lowest BCUT2D eigenvalue weighted by Crippen LogP contribution is -2.52. The molecule has 6 nitrogen and oxygen atoms in total. The zero-order chi connectivity index (χ0) is 20.4. The molecule has 1 fully saturated rings. The highest BCUT2D eigenvalue weighted by atomic mass is 127. The Morgan fingerprint density at radius 3 is 2.38 bits per heavy atom. The molecule has 7 heteroatoms. The summed E-state index contributed by atoms with van der Waals surface area (Å²) in [5.41, 5.74) is 2.61. The standard InChI is InChI=1S/C22H39N5O.HI/c1-6-23-22(24-15-19-9-7-8-10-20(19)17-26(4)5)25-16-21(18(2)3)27-11-13-28-14-12-27;/h7-10,18,21H,6,11-17H2,1-5H3,(H2,23,24,25);1H. The van der Waals surface area contributed by atoms with Crippen molar-refractivity contribution >= 4 is 29.9 Å². The van der Waals surface area contributed by atoms with Gasteiger partial charge in [-0.05, 0) is 38.1 Å². The lowest BCUT2D eigenvalue weighted by atomic mass is 10.0. The van der Waals surface area contributed by atoms with Crippen LogP contribution < -0.4 is 10.6 Å². The highest BCUT2D eigenvalue weighted by Gasteiger charge is 2.23. The van der Waals surface area contributed by atoms with Crippen molar-refractivity contribution < 1.29 is 4.74 Å². The van der Waals surface area contributed by atoms with E-state index in [1.54, 1.807) is 0 Å². The fourth-order valence-corrected chi connectivity index (χ4v) is 3.61. The highest BCUT2D eigenvalue weighted by molar-refractivity contribution is 14.0. The smallest absolute Gasteiger partial charge is 0.191 e. The highest BCUT2D eigenvalue weighted by Crippen LogP contribution is 2.13. The normalized spacial score (nSPS) is 16.6. The molecule has 2 N–H and O–H groups in total. The van der Waals surface area contributed by atoms with Gasteiger partial charge in [-0.25, -0.2) is 4.99 Å². The Bertz CT molecular complexity index is 603. The number of hydrogen-bond acceptors (Lipinski definition) is 4. The van der Waals surface area contributed by atoms with Crippen LogP contribution in [0.15, 0.2) is 29.3 Å². The van der Waals surface area contributed by atoms with Gasteiger partial charge in [-0.2, -0.15) is 0 Å². The Labute approximate surface area is 194 Å². The number of aliphatic imine (C=N–C) groups is 1. The van der Waals surface area contributed by atoms with Crippen molar-refractivity contribution in [1.29, 1.82) is 0 Å². The zero-order valence-corrected chi connectivity index (χ0v) is 21.1. The van der Waals surface area contributed by atoms with Crippen LogP contribution >= 0.6 is 24.0 Å². The third-order valence-electron chi connectivity index (χ3n) is 5.12. The minimum Gasteiger partial charge on any atom is -0.379 e. The number of hydrogen-bond donors (Lipinski definition) is 2. The molecule has 1 aromatic rings. The van der Waals surface area contributed by atoms with E-state index in [4.69, 9.17) is 9.73 Å². The predicted octanol–water partition coefficient (Wildman–Crippen LogP) is 2.78. The predicted molar refractivity (Wildman–Crippen MR) is 133 cm³/mol. The molecule has 166 valence electrons. The first-order chi connectivity index (χ1) is 13.5. The first kappa shape index (κ1) is 26.1. The van der Waals surface area contributed by atoms with Crippen LogP contribution in [0.2, 0.25) is 0 Å². The molecule has 0 aliphatic carbocycles. The maximum Gasteiger partial charge on any atom is 0.191 e. The Balaban J connectivity index is 0.00000420. The fourth-order valence-electron chi connectivity index (χ4n) is 3.61. The van der Waals surface area contributed by atoms with Crippen LogP contribution in [0.4, 0.5) is 0 Å². The van der Waals surface area contributed by atoms with E-state index >= 15 is 0 Å². The molecule has 0 radical (unpaired) electrons. The molecule has 29 heavy (non-hydrogen) atoms. The number of guanidine groups is 1. The second-order valence-corrected chi connectivity index (χ2v) is 8.04. The molecule has 1 saturated heterocycles. The van der Waals surface area contributed by atoms with Crippen molar-refractivity contribution in [3.8, 4) is 0 Å². The second kappa shape index (κ2) is 14.2. The Kier molecular flexibility index (Phi) is 12.8. The van der Waals surface area contributed by atoms with Crippen LogP contribution in [0.25, 0.3) is 0 Å². The Morgan fingerprint density at radius 1 is 1.14 bits per heavy atom. The average molecular weight is 518 g/mol. The molecule has 1 aliphatic rings. The van der Waals surface area contributed by atoms with Crippen LogP contribution in [-0.2, 0) is 17.8 Å². The number of halogens is 1. The summed E-state index contributed by atoms with van der Waals surface area (Å²) in [6.07, 6.45) is 0. The van der Waals surface area contributed by atoms with E-state index in [0.717, 1.165) is 51.9 Å². The molecule has 0 spiro atoms. The quantitative estimate of drug-likeness (QED) is 0.300. The maximum absolute atomic E-state index is 5.52. The molecule has 0 amide bonds. The van der Waals surface area contributed by atoms with Gasteiger partial charge in [0.05, 0.1) is 19.8 Å². The average Bonchev–Trinajstić information content (AvgIpc) is 2.67. The lowest BCUT2D eigenvalue weighted by molar-refractivity contribution is 0.00752. The van der Waals surface area contributed by atoms with Gasteiger partial charge in [-0.3, -0.25) is 4.90 Å². The van der Waals surface area contributed by atoms with Gasteiger partial charge in [0.15, 0.2) is 5.96 Å². The van der Waals surface area contributed by atoms with Crippen molar-refractivity contribution in [2.75, 3.05) is 53.5 Å². The molecular weight excluding hydrogens is 477 g/mol. The van der Waals surface area contributed by atoms with Gasteiger partial charge >= 0.3 is 0 Å². The monoisotopic (exact) mass is 517 g/mol. The summed E-state index contributed by atoms with van der Waals surface area (Å²) in [6, 6.07) is 9.05. The van der Waals surface area contributed by atoms with Gasteiger partial charge in [0, 0.05) is 38.8 Å². The minimum absolute atomic E-state index is 0. The summed E-state index contributed by atoms with van der Waals surface area (Å²) >= 11 is 0. The van der Waals surface area contributed by atoms with E-state index in [9.17, 15) is 0 Å². The van der Waals surface area contributed by atoms with Crippen LogP contribution in [0, 0.1) is 5.92 Å². The summed E-state index contributed by atoms with van der Waals surface area (Å²) in [4.78, 5) is 9.60. The molecule has 1 unspecified atom stereocenters. The number of morpholine rings is 1. The molecule has 0 saturated carbocycles. The molecule has 2 rings (SSSR count). The van der Waals surface area contributed by atoms with Gasteiger partial charge < -0.3 is 20.3 Å². The van der Waals surface area contributed by atoms with E-state index in [0.29, 0.717) is 18.5 Å². The van der Waals surface area contributed by atoms with E-state index in [2.05, 4.69) is 79.6 Å². The first-order valence-electron chi connectivity index (χ1n) is 10.6. The van der Waals surface area contributed by atoms with E-state index in [-0.39, 0.29) is 24.0 Å². The van der Waals surface area contributed by atoms with Gasteiger partial charge in [0.25, 0.3) is 0 Å². The molecule has 1 aliphatic heterocycles. The topological polar surface area (TPSA) is 52.1 Å². The molecule has 0 bridgehead atoms. The number of benzene rings is 1. The van der Waals surface area contributed by atoms with Crippen LogP contribution in [0.1, 0.15) is 31.9 Å². The van der Waals surface area contributed by atoms with Gasteiger partial charge in [-0.15, -0.1) is 24.0 Å². The summed E-state index contributed by atoms with van der Waals surface area (Å²) in [7, 11) is 4.20. The molecule has 1 heterocycles. The van der Waals surface area contributed by atoms with Gasteiger partial charge in [-0.1, -0.05) is 38.1 Å². The lowest BCUT2D eigenvalue weighted by Gasteiger charge is -2.37. The van der Waals surface area contributed by atoms with Crippen molar-refractivity contribution in [2.45, 2.75) is 39.9 Å². The molecular formula is C22H40IN5O. The largest absolute Gasteiger partial charge is 0.379 e.